The van der Waals surface area contributed by atoms with Gasteiger partial charge in [0.2, 0.25) is 11.8 Å². The molecule has 0 spiro atoms. The summed E-state index contributed by atoms with van der Waals surface area (Å²) >= 11 is 0. The molecule has 1 aliphatic rings. The lowest BCUT2D eigenvalue weighted by Gasteiger charge is -2.09. The van der Waals surface area contributed by atoms with Crippen molar-refractivity contribution in [2.75, 3.05) is 5.32 Å². The molecule has 1 fully saturated rings. The van der Waals surface area contributed by atoms with E-state index in [9.17, 15) is 24.5 Å². The highest BCUT2D eigenvalue weighted by Gasteiger charge is 2.30. The smallest absolute Gasteiger partial charge is 0.282 e. The minimum Gasteiger partial charge on any atom is -0.322 e. The van der Waals surface area contributed by atoms with E-state index >= 15 is 0 Å². The van der Waals surface area contributed by atoms with Gasteiger partial charge in [0, 0.05) is 18.2 Å². The zero-order valence-electron chi connectivity index (χ0n) is 13.6. The van der Waals surface area contributed by atoms with E-state index in [4.69, 9.17) is 0 Å². The van der Waals surface area contributed by atoms with Crippen LogP contribution in [0.4, 0.5) is 11.4 Å². The van der Waals surface area contributed by atoms with Gasteiger partial charge in [-0.1, -0.05) is 24.3 Å². The van der Waals surface area contributed by atoms with Gasteiger partial charge in [0.05, 0.1) is 10.8 Å². The topological polar surface area (TPSA) is 118 Å². The zero-order chi connectivity index (χ0) is 18.7. The monoisotopic (exact) mass is 353 g/mol. The Bertz CT molecular complexity index is 892. The number of para-hydroxylation sites is 1. The summed E-state index contributed by atoms with van der Waals surface area (Å²) in [6.45, 7) is 0. The molecule has 0 saturated carbocycles. The number of nitrogens with one attached hydrogen (secondary N) is 2. The molecule has 0 aliphatic carbocycles. The molecule has 0 bridgehead atoms. The minimum absolute atomic E-state index is 0.0253. The van der Waals surface area contributed by atoms with Gasteiger partial charge in [-0.05, 0) is 30.2 Å². The maximum absolute atomic E-state index is 12.3. The van der Waals surface area contributed by atoms with Gasteiger partial charge in [-0.2, -0.15) is 0 Å². The van der Waals surface area contributed by atoms with Crippen LogP contribution in [0.25, 0.3) is 0 Å². The largest absolute Gasteiger partial charge is 0.322 e. The van der Waals surface area contributed by atoms with Crippen LogP contribution in [0, 0.1) is 16.0 Å². The minimum atomic E-state index is -0.605. The maximum Gasteiger partial charge on any atom is 0.282 e. The molecule has 26 heavy (non-hydrogen) atoms. The van der Waals surface area contributed by atoms with Gasteiger partial charge >= 0.3 is 0 Å². The molecule has 2 N–H and O–H groups in total. The second-order valence-corrected chi connectivity index (χ2v) is 5.94. The van der Waals surface area contributed by atoms with Crippen LogP contribution in [0.3, 0.4) is 0 Å². The number of nitrogens with zero attached hydrogens (tertiary/aromatic N) is 1. The van der Waals surface area contributed by atoms with Crippen molar-refractivity contribution in [1.29, 1.82) is 0 Å². The maximum atomic E-state index is 12.3. The summed E-state index contributed by atoms with van der Waals surface area (Å²) in [5, 5.41) is 15.9. The van der Waals surface area contributed by atoms with Crippen molar-refractivity contribution in [2.45, 2.75) is 12.8 Å². The highest BCUT2D eigenvalue weighted by atomic mass is 16.6. The first kappa shape index (κ1) is 17.3. The van der Waals surface area contributed by atoms with Crippen molar-refractivity contribution in [3.63, 3.8) is 0 Å². The number of hydrogen-bond donors (Lipinski definition) is 2. The Morgan fingerprint density at radius 2 is 1.85 bits per heavy atom. The van der Waals surface area contributed by atoms with Crippen LogP contribution >= 0.6 is 0 Å². The number of carbonyl (C=O) groups excluding carboxylic acids is 3. The Labute approximate surface area is 148 Å². The third-order valence-electron chi connectivity index (χ3n) is 4.10. The van der Waals surface area contributed by atoms with Crippen LogP contribution in [0.5, 0.6) is 0 Å². The molecule has 132 valence electrons. The Morgan fingerprint density at radius 3 is 2.46 bits per heavy atom. The van der Waals surface area contributed by atoms with Gasteiger partial charge in [-0.25, -0.2) is 0 Å². The van der Waals surface area contributed by atoms with E-state index in [0.717, 1.165) is 5.56 Å². The van der Waals surface area contributed by atoms with E-state index < -0.39 is 10.8 Å². The predicted molar refractivity (Wildman–Crippen MR) is 92.5 cm³/mol. The van der Waals surface area contributed by atoms with E-state index in [1.807, 2.05) is 0 Å². The first-order valence-corrected chi connectivity index (χ1v) is 7.91. The second kappa shape index (κ2) is 7.14. The molecule has 1 aliphatic heterocycles. The van der Waals surface area contributed by atoms with E-state index in [1.165, 1.54) is 18.2 Å². The van der Waals surface area contributed by atoms with Gasteiger partial charge in [0.1, 0.15) is 5.56 Å². The first-order valence-electron chi connectivity index (χ1n) is 7.91. The van der Waals surface area contributed by atoms with E-state index in [1.54, 1.807) is 30.3 Å². The van der Waals surface area contributed by atoms with Crippen LogP contribution in [-0.2, 0) is 16.0 Å². The number of anilines is 1. The molecule has 2 aromatic carbocycles. The van der Waals surface area contributed by atoms with Crippen LogP contribution in [0.2, 0.25) is 0 Å². The van der Waals surface area contributed by atoms with E-state index in [2.05, 4.69) is 10.6 Å². The number of hydrogen-bond acceptors (Lipinski definition) is 5. The molecule has 0 radical (unpaired) electrons. The third kappa shape index (κ3) is 3.75. The Balaban J connectivity index is 1.68. The van der Waals surface area contributed by atoms with Gasteiger partial charge in [-0.3, -0.25) is 29.8 Å². The normalized spacial score (nSPS) is 16.2. The Kier molecular flexibility index (Phi) is 4.74. The van der Waals surface area contributed by atoms with Gasteiger partial charge in [0.15, 0.2) is 0 Å². The standard InChI is InChI=1S/C18H15N3O5/c22-16-10-12(17(23)20-16)9-11-5-7-13(8-6-11)19-18(24)14-3-1-2-4-15(14)21(25)26/h1-8,12H,9-10H2,(H,19,24)(H,20,22,23). The number of nitro benzene ring substituents is 1. The van der Waals surface area contributed by atoms with Crippen LogP contribution in [-0.4, -0.2) is 22.6 Å². The quantitative estimate of drug-likeness (QED) is 0.484. The molecule has 1 atom stereocenters. The molecular weight excluding hydrogens is 338 g/mol. The second-order valence-electron chi connectivity index (χ2n) is 5.94. The summed E-state index contributed by atoms with van der Waals surface area (Å²) in [7, 11) is 0. The number of nitro groups is 1. The van der Waals surface area contributed by atoms with Crippen molar-refractivity contribution >= 4 is 29.1 Å². The fourth-order valence-corrected chi connectivity index (χ4v) is 2.80. The lowest BCUT2D eigenvalue weighted by molar-refractivity contribution is -0.385. The van der Waals surface area contributed by atoms with Crippen molar-refractivity contribution < 1.29 is 19.3 Å². The number of rotatable bonds is 5. The highest BCUT2D eigenvalue weighted by Crippen LogP contribution is 2.21. The van der Waals surface area contributed by atoms with Crippen molar-refractivity contribution in [3.05, 3.63) is 69.8 Å². The SMILES string of the molecule is O=C1CC(Cc2ccc(NC(=O)c3ccccc3[N+](=O)[O-])cc2)C(=O)N1. The molecular formula is C18H15N3O5. The molecule has 3 amide bonds. The van der Waals surface area contributed by atoms with Gasteiger partial charge < -0.3 is 5.32 Å². The summed E-state index contributed by atoms with van der Waals surface area (Å²) in [5.41, 5.74) is 1.04. The predicted octanol–water partition coefficient (Wildman–Crippen LogP) is 2.05. The summed E-state index contributed by atoms with van der Waals surface area (Å²) in [5.74, 6) is -1.50. The molecule has 0 aromatic heterocycles. The number of amides is 3. The first-order chi connectivity index (χ1) is 12.4. The average molecular weight is 353 g/mol. The summed E-state index contributed by atoms with van der Waals surface area (Å²) < 4.78 is 0. The molecule has 1 heterocycles. The molecule has 1 unspecified atom stereocenters. The van der Waals surface area contributed by atoms with E-state index in [-0.39, 0.29) is 35.4 Å². The molecule has 3 rings (SSSR count). The van der Waals surface area contributed by atoms with Crippen LogP contribution in [0.1, 0.15) is 22.3 Å². The highest BCUT2D eigenvalue weighted by molar-refractivity contribution is 6.07. The number of benzene rings is 2. The molecule has 8 nitrogen and oxygen atoms in total. The van der Waals surface area contributed by atoms with Crippen LogP contribution in [0.15, 0.2) is 48.5 Å². The Hall–Kier alpha value is -3.55. The lowest BCUT2D eigenvalue weighted by atomic mass is 9.98. The van der Waals surface area contributed by atoms with Gasteiger partial charge in [-0.15, -0.1) is 0 Å². The van der Waals surface area contributed by atoms with Crippen molar-refractivity contribution in [3.8, 4) is 0 Å². The van der Waals surface area contributed by atoms with E-state index in [0.29, 0.717) is 12.1 Å². The summed E-state index contributed by atoms with van der Waals surface area (Å²) in [6.07, 6.45) is 0.602. The lowest BCUT2D eigenvalue weighted by Crippen LogP contribution is -2.22. The average Bonchev–Trinajstić information content (AvgIpc) is 2.93. The summed E-state index contributed by atoms with van der Waals surface area (Å²) in [6, 6.07) is 12.5. The number of carbonyl (C=O) groups is 3. The molecule has 8 heteroatoms. The molecule has 1 saturated heterocycles. The van der Waals surface area contributed by atoms with Crippen molar-refractivity contribution in [2.24, 2.45) is 5.92 Å². The Morgan fingerprint density at radius 1 is 1.15 bits per heavy atom. The van der Waals surface area contributed by atoms with Crippen molar-refractivity contribution in [1.82, 2.24) is 5.32 Å². The summed E-state index contributed by atoms with van der Waals surface area (Å²) in [4.78, 5) is 45.5. The number of imide groups is 1. The van der Waals surface area contributed by atoms with Gasteiger partial charge in [0.25, 0.3) is 11.6 Å². The molecule has 2 aromatic rings. The van der Waals surface area contributed by atoms with Crippen LogP contribution < -0.4 is 10.6 Å². The fraction of sp³-hybridized carbons (Fsp3) is 0.167. The fourth-order valence-electron chi connectivity index (χ4n) is 2.80. The zero-order valence-corrected chi connectivity index (χ0v) is 13.6. The third-order valence-corrected chi connectivity index (χ3v) is 4.10.